The van der Waals surface area contributed by atoms with Gasteiger partial charge in [0, 0.05) is 11.1 Å². The molecule has 0 bridgehead atoms. The Balaban J connectivity index is 2.88. The number of ether oxygens (including phenoxy) is 1. The van der Waals surface area contributed by atoms with Crippen LogP contribution >= 0.6 is 0 Å². The van der Waals surface area contributed by atoms with Crippen molar-refractivity contribution >= 4 is 11.8 Å². The number of hydrogen-bond donors (Lipinski definition) is 2. The Morgan fingerprint density at radius 1 is 1.50 bits per heavy atom. The molecule has 0 fully saturated rings. The molecule has 16 heavy (non-hydrogen) atoms. The van der Waals surface area contributed by atoms with Crippen LogP contribution in [0.2, 0.25) is 0 Å². The Kier molecular flexibility index (Phi) is 4.10. The predicted molar refractivity (Wildman–Crippen MR) is 61.0 cm³/mol. The van der Waals surface area contributed by atoms with Gasteiger partial charge in [0.05, 0.1) is 7.11 Å². The van der Waals surface area contributed by atoms with Crippen molar-refractivity contribution in [1.82, 2.24) is 0 Å². The minimum atomic E-state index is -0.382. The molecule has 0 unspecified atom stereocenters. The van der Waals surface area contributed by atoms with Crippen LogP contribution in [0.1, 0.15) is 17.5 Å². The molecule has 0 spiro atoms. The maximum Gasteiger partial charge on any atom is 0.317 e. The topological polar surface area (TPSA) is 76.2 Å². The third-order valence-corrected chi connectivity index (χ3v) is 1.90. The van der Waals surface area contributed by atoms with Crippen molar-refractivity contribution in [3.63, 3.8) is 0 Å². The van der Waals surface area contributed by atoms with E-state index in [1.807, 2.05) is 0 Å². The molecule has 0 aromatic heterocycles. The van der Waals surface area contributed by atoms with Gasteiger partial charge in [-0.15, -0.1) is 0 Å². The number of amidine groups is 1. The lowest BCUT2D eigenvalue weighted by molar-refractivity contribution is -0.139. The van der Waals surface area contributed by atoms with Crippen molar-refractivity contribution < 1.29 is 9.53 Å². The average Bonchev–Trinajstić information content (AvgIpc) is 2.29. The molecule has 0 radical (unpaired) electrons. The van der Waals surface area contributed by atoms with E-state index >= 15 is 0 Å². The standard InChI is InChI=1S/C12H12N2O2/c1-16-11(15)8-4-6-9-5-2-3-7-10(9)12(13)14/h2-3,5,7H,8H2,1H3,(H3,13,14). The summed E-state index contributed by atoms with van der Waals surface area (Å²) in [7, 11) is 1.31. The second kappa shape index (κ2) is 5.56. The maximum absolute atomic E-state index is 10.8. The minimum Gasteiger partial charge on any atom is -0.468 e. The molecule has 3 N–H and O–H groups in total. The van der Waals surface area contributed by atoms with E-state index in [1.165, 1.54) is 7.11 Å². The SMILES string of the molecule is COC(=O)CC#Cc1ccccc1C(=N)N. The van der Waals surface area contributed by atoms with Crippen LogP contribution in [0, 0.1) is 17.3 Å². The first-order valence-electron chi connectivity index (χ1n) is 4.64. The number of benzene rings is 1. The molecule has 1 rings (SSSR count). The number of nitrogens with one attached hydrogen (secondary N) is 1. The molecule has 0 saturated heterocycles. The lowest BCUT2D eigenvalue weighted by Gasteiger charge is -2.00. The van der Waals surface area contributed by atoms with Gasteiger partial charge in [-0.3, -0.25) is 10.2 Å². The van der Waals surface area contributed by atoms with Gasteiger partial charge in [0.2, 0.25) is 0 Å². The van der Waals surface area contributed by atoms with Crippen LogP contribution < -0.4 is 5.73 Å². The number of rotatable bonds is 2. The average molecular weight is 216 g/mol. The third-order valence-electron chi connectivity index (χ3n) is 1.90. The van der Waals surface area contributed by atoms with Crippen LogP contribution in [0.25, 0.3) is 0 Å². The number of nitrogen functional groups attached to an aromatic ring is 1. The first kappa shape index (κ1) is 11.8. The Bertz CT molecular complexity index is 469. The van der Waals surface area contributed by atoms with Crippen molar-refractivity contribution in [3.8, 4) is 11.8 Å². The fraction of sp³-hybridized carbons (Fsp3) is 0.167. The summed E-state index contributed by atoms with van der Waals surface area (Å²) >= 11 is 0. The zero-order chi connectivity index (χ0) is 12.0. The number of nitrogens with two attached hydrogens (primary N) is 1. The Hall–Kier alpha value is -2.28. The summed E-state index contributed by atoms with van der Waals surface area (Å²) in [6, 6.07) is 7.04. The van der Waals surface area contributed by atoms with Crippen molar-refractivity contribution in [2.24, 2.45) is 5.73 Å². The summed E-state index contributed by atoms with van der Waals surface area (Å²) in [4.78, 5) is 10.8. The molecule has 4 heteroatoms. The van der Waals surface area contributed by atoms with Gasteiger partial charge in [-0.2, -0.15) is 0 Å². The zero-order valence-electron chi connectivity index (χ0n) is 8.91. The first-order chi connectivity index (χ1) is 7.65. The van der Waals surface area contributed by atoms with E-state index in [2.05, 4.69) is 16.6 Å². The highest BCUT2D eigenvalue weighted by molar-refractivity contribution is 5.97. The van der Waals surface area contributed by atoms with Crippen molar-refractivity contribution in [2.45, 2.75) is 6.42 Å². The number of methoxy groups -OCH3 is 1. The summed E-state index contributed by atoms with van der Waals surface area (Å²) < 4.78 is 4.46. The molecule has 0 aliphatic heterocycles. The summed E-state index contributed by atoms with van der Waals surface area (Å²) in [5.74, 6) is 5.04. The molecule has 0 saturated carbocycles. The highest BCUT2D eigenvalue weighted by atomic mass is 16.5. The van der Waals surface area contributed by atoms with Gasteiger partial charge in [-0.1, -0.05) is 30.0 Å². The molecule has 0 aliphatic rings. The molecule has 4 nitrogen and oxygen atoms in total. The number of carbonyl (C=O) groups is 1. The van der Waals surface area contributed by atoms with Gasteiger partial charge in [-0.05, 0) is 6.07 Å². The van der Waals surface area contributed by atoms with E-state index in [-0.39, 0.29) is 18.2 Å². The second-order valence-electron chi connectivity index (χ2n) is 3.01. The zero-order valence-corrected chi connectivity index (χ0v) is 8.91. The van der Waals surface area contributed by atoms with Gasteiger partial charge >= 0.3 is 5.97 Å². The van der Waals surface area contributed by atoms with Crippen LogP contribution in [0.15, 0.2) is 24.3 Å². The lowest BCUT2D eigenvalue weighted by atomic mass is 10.1. The molecule has 0 aliphatic carbocycles. The molecule has 82 valence electrons. The largest absolute Gasteiger partial charge is 0.468 e. The minimum absolute atomic E-state index is 0.0305. The number of carbonyl (C=O) groups excluding carboxylic acids is 1. The fourth-order valence-electron chi connectivity index (χ4n) is 1.11. The van der Waals surface area contributed by atoms with E-state index in [1.54, 1.807) is 24.3 Å². The highest BCUT2D eigenvalue weighted by Crippen LogP contribution is 2.05. The van der Waals surface area contributed by atoms with E-state index in [0.29, 0.717) is 11.1 Å². The molecule has 0 heterocycles. The van der Waals surface area contributed by atoms with Gasteiger partial charge < -0.3 is 10.5 Å². The summed E-state index contributed by atoms with van der Waals surface area (Å²) in [6.45, 7) is 0. The van der Waals surface area contributed by atoms with E-state index in [0.717, 1.165) is 0 Å². The van der Waals surface area contributed by atoms with Gasteiger partial charge in [0.1, 0.15) is 12.3 Å². The fourth-order valence-corrected chi connectivity index (χ4v) is 1.11. The van der Waals surface area contributed by atoms with E-state index in [4.69, 9.17) is 11.1 Å². The van der Waals surface area contributed by atoms with Gasteiger partial charge in [0.25, 0.3) is 0 Å². The van der Waals surface area contributed by atoms with Gasteiger partial charge in [0.15, 0.2) is 0 Å². The molecule has 1 aromatic carbocycles. The van der Waals surface area contributed by atoms with Crippen LogP contribution in [0.4, 0.5) is 0 Å². The Morgan fingerprint density at radius 3 is 2.81 bits per heavy atom. The monoisotopic (exact) mass is 216 g/mol. The highest BCUT2D eigenvalue weighted by Gasteiger charge is 2.01. The van der Waals surface area contributed by atoms with Crippen LogP contribution in [-0.4, -0.2) is 18.9 Å². The third kappa shape index (κ3) is 3.14. The summed E-state index contributed by atoms with van der Waals surface area (Å²) in [5, 5.41) is 7.35. The Morgan fingerprint density at radius 2 is 2.19 bits per heavy atom. The molecule has 0 amide bonds. The smallest absolute Gasteiger partial charge is 0.317 e. The molecule has 1 aromatic rings. The number of hydrogen-bond acceptors (Lipinski definition) is 3. The molecule has 0 atom stereocenters. The van der Waals surface area contributed by atoms with Crippen molar-refractivity contribution in [2.75, 3.05) is 7.11 Å². The van der Waals surface area contributed by atoms with Gasteiger partial charge in [-0.25, -0.2) is 0 Å². The first-order valence-corrected chi connectivity index (χ1v) is 4.64. The second-order valence-corrected chi connectivity index (χ2v) is 3.01. The van der Waals surface area contributed by atoms with Crippen molar-refractivity contribution in [3.05, 3.63) is 35.4 Å². The van der Waals surface area contributed by atoms with Crippen LogP contribution in [0.5, 0.6) is 0 Å². The Labute approximate surface area is 93.9 Å². The predicted octanol–water partition coefficient (Wildman–Crippen LogP) is 0.885. The van der Waals surface area contributed by atoms with Crippen molar-refractivity contribution in [1.29, 1.82) is 5.41 Å². The normalized spacial score (nSPS) is 8.81. The van der Waals surface area contributed by atoms with Crippen LogP contribution in [-0.2, 0) is 9.53 Å². The summed E-state index contributed by atoms with van der Waals surface area (Å²) in [5.41, 5.74) is 6.60. The van der Waals surface area contributed by atoms with E-state index < -0.39 is 0 Å². The maximum atomic E-state index is 10.8. The molecular weight excluding hydrogens is 204 g/mol. The molecular formula is C12H12N2O2. The lowest BCUT2D eigenvalue weighted by Crippen LogP contribution is -2.12. The van der Waals surface area contributed by atoms with E-state index in [9.17, 15) is 4.79 Å². The van der Waals surface area contributed by atoms with Crippen LogP contribution in [0.3, 0.4) is 0 Å². The summed E-state index contributed by atoms with van der Waals surface area (Å²) in [6.07, 6.45) is 0.0305. The quantitative estimate of drug-likeness (QED) is 0.333. The number of esters is 1.